The first-order valence-corrected chi connectivity index (χ1v) is 7.56. The third-order valence-corrected chi connectivity index (χ3v) is 3.18. The van der Waals surface area contributed by atoms with Crippen LogP contribution in [0.15, 0.2) is 48.7 Å². The van der Waals surface area contributed by atoms with Crippen LogP contribution in [0.4, 0.5) is 0 Å². The molecule has 0 atom stereocenters. The molecular weight excluding hydrogens is 288 g/mol. The number of ether oxygens (including phenoxy) is 1. The Balaban J connectivity index is 1.59. The summed E-state index contributed by atoms with van der Waals surface area (Å²) in [4.78, 5) is 15.8. The van der Waals surface area contributed by atoms with Crippen LogP contribution in [0.3, 0.4) is 0 Å². The molecule has 1 N–H and O–H groups in total. The Morgan fingerprint density at radius 2 is 2.00 bits per heavy atom. The van der Waals surface area contributed by atoms with Crippen LogP contribution in [0.25, 0.3) is 0 Å². The summed E-state index contributed by atoms with van der Waals surface area (Å²) in [6.45, 7) is 2.54. The highest BCUT2D eigenvalue weighted by Gasteiger charge is 2.00. The number of amides is 1. The maximum atomic E-state index is 11.7. The van der Waals surface area contributed by atoms with Gasteiger partial charge in [-0.15, -0.1) is 0 Å². The predicted molar refractivity (Wildman–Crippen MR) is 90.0 cm³/mol. The van der Waals surface area contributed by atoms with E-state index in [0.29, 0.717) is 18.7 Å². The van der Waals surface area contributed by atoms with Crippen LogP contribution < -0.4 is 10.1 Å². The van der Waals surface area contributed by atoms with Gasteiger partial charge in [-0.25, -0.2) is 0 Å². The SMILES string of the molecule is Cc1ccc(OCC#CCNC(=O)CCc2ccccc2)cn1. The third kappa shape index (κ3) is 6.66. The molecule has 1 amide bonds. The Morgan fingerprint density at radius 1 is 1.17 bits per heavy atom. The molecule has 0 aliphatic heterocycles. The summed E-state index contributed by atoms with van der Waals surface area (Å²) in [6, 6.07) is 13.7. The highest BCUT2D eigenvalue weighted by atomic mass is 16.5. The molecule has 1 aromatic carbocycles. The lowest BCUT2D eigenvalue weighted by atomic mass is 10.1. The van der Waals surface area contributed by atoms with E-state index in [9.17, 15) is 4.79 Å². The fourth-order valence-electron chi connectivity index (χ4n) is 1.91. The maximum Gasteiger partial charge on any atom is 0.221 e. The van der Waals surface area contributed by atoms with Crippen molar-refractivity contribution in [3.63, 3.8) is 0 Å². The smallest absolute Gasteiger partial charge is 0.221 e. The molecule has 1 heterocycles. The van der Waals surface area contributed by atoms with E-state index in [0.717, 1.165) is 17.7 Å². The first-order chi connectivity index (χ1) is 11.2. The monoisotopic (exact) mass is 308 g/mol. The number of pyridine rings is 1. The second-order valence-electron chi connectivity index (χ2n) is 5.04. The van der Waals surface area contributed by atoms with Crippen molar-refractivity contribution in [1.82, 2.24) is 10.3 Å². The Labute approximate surface area is 136 Å². The van der Waals surface area contributed by atoms with Crippen molar-refractivity contribution in [2.24, 2.45) is 0 Å². The summed E-state index contributed by atoms with van der Waals surface area (Å²) in [5.74, 6) is 6.43. The Bertz CT molecular complexity index is 670. The first-order valence-electron chi connectivity index (χ1n) is 7.56. The maximum absolute atomic E-state index is 11.7. The first kappa shape index (κ1) is 16.6. The van der Waals surface area contributed by atoms with Gasteiger partial charge in [0.1, 0.15) is 12.4 Å². The van der Waals surface area contributed by atoms with Crippen LogP contribution in [-0.4, -0.2) is 24.0 Å². The van der Waals surface area contributed by atoms with Gasteiger partial charge in [0.05, 0.1) is 12.7 Å². The molecule has 0 fully saturated rings. The lowest BCUT2D eigenvalue weighted by Gasteiger charge is -2.02. The van der Waals surface area contributed by atoms with E-state index >= 15 is 0 Å². The number of aryl methyl sites for hydroxylation is 2. The molecule has 1 aromatic heterocycles. The molecule has 0 unspecified atom stereocenters. The second kappa shape index (κ2) is 9.26. The molecule has 23 heavy (non-hydrogen) atoms. The van der Waals surface area contributed by atoms with Crippen molar-refractivity contribution >= 4 is 5.91 Å². The molecule has 0 aliphatic rings. The molecular formula is C19H20N2O2. The highest BCUT2D eigenvalue weighted by molar-refractivity contribution is 5.76. The number of rotatable bonds is 6. The predicted octanol–water partition coefficient (Wildman–Crippen LogP) is 2.52. The van der Waals surface area contributed by atoms with E-state index in [4.69, 9.17) is 4.74 Å². The zero-order chi connectivity index (χ0) is 16.3. The quantitative estimate of drug-likeness (QED) is 0.834. The van der Waals surface area contributed by atoms with Crippen molar-refractivity contribution in [2.45, 2.75) is 19.8 Å². The molecule has 0 aliphatic carbocycles. The lowest BCUT2D eigenvalue weighted by Crippen LogP contribution is -2.23. The molecule has 0 bridgehead atoms. The van der Waals surface area contributed by atoms with Crippen molar-refractivity contribution in [3.8, 4) is 17.6 Å². The van der Waals surface area contributed by atoms with E-state index < -0.39 is 0 Å². The van der Waals surface area contributed by atoms with Gasteiger partial charge in [0.2, 0.25) is 5.91 Å². The topological polar surface area (TPSA) is 51.2 Å². The molecule has 0 saturated carbocycles. The number of aromatic nitrogens is 1. The summed E-state index contributed by atoms with van der Waals surface area (Å²) >= 11 is 0. The fraction of sp³-hybridized carbons (Fsp3) is 0.263. The molecule has 2 aromatic rings. The number of hydrogen-bond acceptors (Lipinski definition) is 3. The second-order valence-corrected chi connectivity index (χ2v) is 5.04. The van der Waals surface area contributed by atoms with Gasteiger partial charge >= 0.3 is 0 Å². The minimum Gasteiger partial charge on any atom is -0.479 e. The summed E-state index contributed by atoms with van der Waals surface area (Å²) < 4.78 is 5.42. The zero-order valence-corrected chi connectivity index (χ0v) is 13.2. The summed E-state index contributed by atoms with van der Waals surface area (Å²) in [7, 11) is 0. The molecule has 2 rings (SSSR count). The number of nitrogens with zero attached hydrogens (tertiary/aromatic N) is 1. The third-order valence-electron chi connectivity index (χ3n) is 3.18. The molecule has 0 radical (unpaired) electrons. The van der Waals surface area contributed by atoms with E-state index in [1.54, 1.807) is 6.20 Å². The highest BCUT2D eigenvalue weighted by Crippen LogP contribution is 2.07. The Kier molecular flexibility index (Phi) is 6.67. The van der Waals surface area contributed by atoms with Crippen molar-refractivity contribution < 1.29 is 9.53 Å². The number of benzene rings is 1. The van der Waals surface area contributed by atoms with Crippen LogP contribution in [-0.2, 0) is 11.2 Å². The fourth-order valence-corrected chi connectivity index (χ4v) is 1.91. The van der Waals surface area contributed by atoms with Gasteiger partial charge in [0, 0.05) is 12.1 Å². The molecule has 4 nitrogen and oxygen atoms in total. The number of hydrogen-bond donors (Lipinski definition) is 1. The largest absolute Gasteiger partial charge is 0.479 e. The van der Waals surface area contributed by atoms with E-state index in [1.165, 1.54) is 0 Å². The van der Waals surface area contributed by atoms with Crippen molar-refractivity contribution in [2.75, 3.05) is 13.2 Å². The van der Waals surface area contributed by atoms with Gasteiger partial charge in [0.15, 0.2) is 0 Å². The van der Waals surface area contributed by atoms with Crippen LogP contribution in [0.2, 0.25) is 0 Å². The van der Waals surface area contributed by atoms with Crippen LogP contribution >= 0.6 is 0 Å². The molecule has 118 valence electrons. The average molecular weight is 308 g/mol. The van der Waals surface area contributed by atoms with Gasteiger partial charge in [-0.2, -0.15) is 0 Å². The van der Waals surface area contributed by atoms with Gasteiger partial charge < -0.3 is 10.1 Å². The zero-order valence-electron chi connectivity index (χ0n) is 13.2. The van der Waals surface area contributed by atoms with Crippen LogP contribution in [0, 0.1) is 18.8 Å². The van der Waals surface area contributed by atoms with Crippen molar-refractivity contribution in [3.05, 3.63) is 59.9 Å². The van der Waals surface area contributed by atoms with Crippen LogP contribution in [0.1, 0.15) is 17.7 Å². The number of carbonyl (C=O) groups excluding carboxylic acids is 1. The molecule has 0 saturated heterocycles. The summed E-state index contributed by atoms with van der Waals surface area (Å²) in [5.41, 5.74) is 2.11. The van der Waals surface area contributed by atoms with Crippen molar-refractivity contribution in [1.29, 1.82) is 0 Å². The minimum atomic E-state index is 0.00630. The standard InChI is InChI=1S/C19H20N2O2/c1-16-9-11-18(15-21-16)23-14-6-5-13-20-19(22)12-10-17-7-3-2-4-8-17/h2-4,7-9,11,15H,10,12-14H2,1H3,(H,20,22). The molecule has 4 heteroatoms. The number of nitrogens with one attached hydrogen (secondary N) is 1. The average Bonchev–Trinajstić information content (AvgIpc) is 2.58. The van der Waals surface area contributed by atoms with E-state index in [2.05, 4.69) is 22.1 Å². The Morgan fingerprint density at radius 3 is 2.74 bits per heavy atom. The normalized spacial score (nSPS) is 9.61. The van der Waals surface area contributed by atoms with Crippen LogP contribution in [0.5, 0.6) is 5.75 Å². The minimum absolute atomic E-state index is 0.00630. The molecule has 0 spiro atoms. The van der Waals surface area contributed by atoms with Gasteiger partial charge in [0.25, 0.3) is 0 Å². The lowest BCUT2D eigenvalue weighted by molar-refractivity contribution is -0.120. The van der Waals surface area contributed by atoms with E-state index in [-0.39, 0.29) is 12.5 Å². The van der Waals surface area contributed by atoms with Gasteiger partial charge in [-0.3, -0.25) is 9.78 Å². The summed E-state index contributed by atoms with van der Waals surface area (Å²) in [6.07, 6.45) is 2.88. The van der Waals surface area contributed by atoms with Gasteiger partial charge in [-0.1, -0.05) is 42.2 Å². The van der Waals surface area contributed by atoms with E-state index in [1.807, 2.05) is 49.4 Å². The number of carbonyl (C=O) groups is 1. The Hall–Kier alpha value is -2.80. The summed E-state index contributed by atoms with van der Waals surface area (Å²) in [5, 5.41) is 2.78. The van der Waals surface area contributed by atoms with Gasteiger partial charge in [-0.05, 0) is 31.0 Å².